The fourth-order valence-electron chi connectivity index (χ4n) is 2.78. The molecule has 0 atom stereocenters. The Morgan fingerprint density at radius 3 is 2.56 bits per heavy atom. The molecule has 0 saturated carbocycles. The van der Waals surface area contributed by atoms with Crippen LogP contribution in [0.2, 0.25) is 0 Å². The molecule has 0 aliphatic carbocycles. The Kier molecular flexibility index (Phi) is 4.89. The van der Waals surface area contributed by atoms with Gasteiger partial charge in [0.15, 0.2) is 5.78 Å². The summed E-state index contributed by atoms with van der Waals surface area (Å²) in [6.07, 6.45) is 0.521. The summed E-state index contributed by atoms with van der Waals surface area (Å²) in [5.74, 6) is -0.156. The van der Waals surface area contributed by atoms with E-state index in [9.17, 15) is 18.0 Å². The van der Waals surface area contributed by atoms with Crippen LogP contribution in [-0.2, 0) is 16.5 Å². The van der Waals surface area contributed by atoms with E-state index in [2.05, 4.69) is 0 Å². The van der Waals surface area contributed by atoms with Crippen LogP contribution in [0, 0.1) is 6.92 Å². The van der Waals surface area contributed by atoms with Crippen LogP contribution in [0.3, 0.4) is 0 Å². The fourth-order valence-corrected chi connectivity index (χ4v) is 3.79. The van der Waals surface area contributed by atoms with Gasteiger partial charge in [0.1, 0.15) is 16.2 Å². The third-order valence-corrected chi connectivity index (χ3v) is 5.47. The number of carbonyl (C=O) groups excluding carboxylic acids is 1. The molecule has 140 valence electrons. The van der Waals surface area contributed by atoms with E-state index in [4.69, 9.17) is 8.60 Å². The summed E-state index contributed by atoms with van der Waals surface area (Å²) in [7, 11) is -4.16. The van der Waals surface area contributed by atoms with Gasteiger partial charge < -0.3 is 8.60 Å². The van der Waals surface area contributed by atoms with E-state index < -0.39 is 15.7 Å². The number of ketones is 1. The quantitative estimate of drug-likeness (QED) is 0.378. The minimum absolute atomic E-state index is 0.0898. The molecule has 0 unspecified atom stereocenters. The van der Waals surface area contributed by atoms with Crippen LogP contribution in [-0.4, -0.2) is 14.2 Å². The van der Waals surface area contributed by atoms with Gasteiger partial charge in [-0.05, 0) is 49.6 Å². The summed E-state index contributed by atoms with van der Waals surface area (Å²) < 4.78 is 35.9. The van der Waals surface area contributed by atoms with Gasteiger partial charge in [-0.25, -0.2) is 4.79 Å². The van der Waals surface area contributed by atoms with Crippen LogP contribution in [0.25, 0.3) is 11.0 Å². The van der Waals surface area contributed by atoms with Crippen molar-refractivity contribution in [1.82, 2.24) is 0 Å². The molecule has 0 fully saturated rings. The first-order chi connectivity index (χ1) is 12.7. The van der Waals surface area contributed by atoms with Crippen LogP contribution in [0.5, 0.6) is 5.75 Å². The molecule has 0 radical (unpaired) electrons. The molecular weight excluding hydrogens is 368 g/mol. The van der Waals surface area contributed by atoms with E-state index in [1.807, 2.05) is 6.92 Å². The minimum Gasteiger partial charge on any atom is -0.423 e. The summed E-state index contributed by atoms with van der Waals surface area (Å²) >= 11 is 0. The monoisotopic (exact) mass is 386 g/mol. The van der Waals surface area contributed by atoms with Crippen molar-refractivity contribution in [3.63, 3.8) is 0 Å². The first kappa shape index (κ1) is 18.8. The van der Waals surface area contributed by atoms with Gasteiger partial charge in [-0.2, -0.15) is 8.42 Å². The molecular formula is C20H18O6S. The largest absolute Gasteiger partial charge is 0.423 e. The lowest BCUT2D eigenvalue weighted by Gasteiger charge is -2.12. The predicted octanol–water partition coefficient (Wildman–Crippen LogP) is 3.63. The molecule has 0 bridgehead atoms. The van der Waals surface area contributed by atoms with Crippen LogP contribution in [0.15, 0.2) is 56.6 Å². The predicted molar refractivity (Wildman–Crippen MR) is 101 cm³/mol. The number of Topliss-reactive ketones (excluding diaryl/α,β-unsaturated/α-hetero) is 1. The van der Waals surface area contributed by atoms with E-state index in [1.165, 1.54) is 43.3 Å². The van der Waals surface area contributed by atoms with Gasteiger partial charge in [0.25, 0.3) is 0 Å². The highest BCUT2D eigenvalue weighted by Gasteiger charge is 2.20. The second-order valence-corrected chi connectivity index (χ2v) is 7.73. The minimum atomic E-state index is -4.16. The van der Waals surface area contributed by atoms with E-state index in [0.29, 0.717) is 12.0 Å². The zero-order chi connectivity index (χ0) is 19.8. The van der Waals surface area contributed by atoms with Gasteiger partial charge >= 0.3 is 15.7 Å². The van der Waals surface area contributed by atoms with Crippen LogP contribution in [0.1, 0.15) is 35.3 Å². The Morgan fingerprint density at radius 2 is 1.89 bits per heavy atom. The van der Waals surface area contributed by atoms with Crippen molar-refractivity contribution in [2.24, 2.45) is 0 Å². The number of aryl methyl sites for hydroxylation is 2. The zero-order valence-corrected chi connectivity index (χ0v) is 15.9. The highest BCUT2D eigenvalue weighted by molar-refractivity contribution is 7.87. The van der Waals surface area contributed by atoms with E-state index in [1.54, 1.807) is 13.0 Å². The fraction of sp³-hybridized carbons (Fsp3) is 0.200. The summed E-state index contributed by atoms with van der Waals surface area (Å²) in [6, 6.07) is 10.2. The smallest absolute Gasteiger partial charge is 0.339 e. The van der Waals surface area contributed by atoms with Crippen molar-refractivity contribution >= 4 is 26.9 Å². The van der Waals surface area contributed by atoms with Crippen molar-refractivity contribution in [2.45, 2.75) is 32.1 Å². The second kappa shape index (κ2) is 7.00. The number of hydrogen-bond donors (Lipinski definition) is 0. The Bertz CT molecular complexity index is 1200. The normalized spacial score (nSPS) is 11.5. The molecule has 3 rings (SSSR count). The Labute approximate surface area is 156 Å². The number of rotatable bonds is 5. The second-order valence-electron chi connectivity index (χ2n) is 6.18. The Morgan fingerprint density at radius 1 is 1.15 bits per heavy atom. The summed E-state index contributed by atoms with van der Waals surface area (Å²) in [5, 5.41) is 0.717. The average molecular weight is 386 g/mol. The highest BCUT2D eigenvalue weighted by Crippen LogP contribution is 2.30. The van der Waals surface area contributed by atoms with Crippen molar-refractivity contribution in [3.8, 4) is 5.75 Å². The van der Waals surface area contributed by atoms with Crippen molar-refractivity contribution in [3.05, 3.63) is 69.6 Å². The van der Waals surface area contributed by atoms with E-state index in [-0.39, 0.29) is 27.6 Å². The van der Waals surface area contributed by atoms with E-state index >= 15 is 0 Å². The van der Waals surface area contributed by atoms with Crippen LogP contribution in [0.4, 0.5) is 0 Å². The zero-order valence-electron chi connectivity index (χ0n) is 15.1. The Balaban J connectivity index is 2.11. The Hall–Kier alpha value is -2.93. The average Bonchev–Trinajstić information content (AvgIpc) is 2.61. The molecule has 0 aliphatic heterocycles. The first-order valence-corrected chi connectivity index (χ1v) is 9.75. The molecule has 0 amide bonds. The number of benzene rings is 2. The maximum Gasteiger partial charge on any atom is 0.339 e. The number of hydrogen-bond acceptors (Lipinski definition) is 6. The topological polar surface area (TPSA) is 90.7 Å². The molecule has 6 nitrogen and oxygen atoms in total. The molecule has 0 N–H and O–H groups in total. The molecule has 3 aromatic rings. The lowest BCUT2D eigenvalue weighted by atomic mass is 10.1. The van der Waals surface area contributed by atoms with Crippen molar-refractivity contribution in [1.29, 1.82) is 0 Å². The third-order valence-electron chi connectivity index (χ3n) is 4.24. The molecule has 0 saturated heterocycles. The standard InChI is InChI=1S/C20H18O6S/c1-4-14-10-17-12(2)8-20(22)25-19(17)11-18(14)26-27(23,24)16-7-5-6-15(9-16)13(3)21/h5-11H,4H2,1-3H3. The molecule has 7 heteroatoms. The summed E-state index contributed by atoms with van der Waals surface area (Å²) in [4.78, 5) is 23.0. The molecule has 2 aromatic carbocycles. The van der Waals surface area contributed by atoms with Crippen molar-refractivity contribution < 1.29 is 21.8 Å². The summed E-state index contributed by atoms with van der Waals surface area (Å²) in [6.45, 7) is 5.00. The SMILES string of the molecule is CCc1cc2c(C)cc(=O)oc2cc1OS(=O)(=O)c1cccc(C(C)=O)c1. The van der Waals surface area contributed by atoms with Crippen LogP contribution < -0.4 is 9.81 Å². The third kappa shape index (κ3) is 3.78. The molecule has 1 heterocycles. The van der Waals surface area contributed by atoms with Crippen molar-refractivity contribution in [2.75, 3.05) is 0 Å². The molecule has 0 aliphatic rings. The van der Waals surface area contributed by atoms with Gasteiger partial charge in [0.2, 0.25) is 0 Å². The molecule has 0 spiro atoms. The maximum atomic E-state index is 12.7. The van der Waals surface area contributed by atoms with Gasteiger partial charge in [-0.1, -0.05) is 19.1 Å². The lowest BCUT2D eigenvalue weighted by molar-refractivity contribution is 0.101. The first-order valence-electron chi connectivity index (χ1n) is 8.34. The van der Waals surface area contributed by atoms with Crippen LogP contribution >= 0.6 is 0 Å². The molecule has 27 heavy (non-hydrogen) atoms. The lowest BCUT2D eigenvalue weighted by Crippen LogP contribution is -2.12. The van der Waals surface area contributed by atoms with Gasteiger partial charge in [0, 0.05) is 23.1 Å². The summed E-state index contributed by atoms with van der Waals surface area (Å²) in [5.41, 5.74) is 1.40. The van der Waals surface area contributed by atoms with Gasteiger partial charge in [-0.15, -0.1) is 0 Å². The maximum absolute atomic E-state index is 12.7. The number of carbonyl (C=O) groups is 1. The molecule has 1 aromatic heterocycles. The van der Waals surface area contributed by atoms with E-state index in [0.717, 1.165) is 10.9 Å². The van der Waals surface area contributed by atoms with Gasteiger partial charge in [0.05, 0.1) is 0 Å². The number of fused-ring (bicyclic) bond motifs is 1. The highest BCUT2D eigenvalue weighted by atomic mass is 32.2. The van der Waals surface area contributed by atoms with Gasteiger partial charge in [-0.3, -0.25) is 4.79 Å².